The highest BCUT2D eigenvalue weighted by Crippen LogP contribution is 2.19. The van der Waals surface area contributed by atoms with Crippen molar-refractivity contribution < 1.29 is 9.59 Å². The highest BCUT2D eigenvalue weighted by molar-refractivity contribution is 6.08. The van der Waals surface area contributed by atoms with E-state index in [1.54, 1.807) is 61.1 Å². The van der Waals surface area contributed by atoms with Gasteiger partial charge in [-0.3, -0.25) is 9.59 Å². The molecule has 3 N–H and O–H groups in total. The Hall–Kier alpha value is -4.00. The number of amides is 2. The Kier molecular flexibility index (Phi) is 4.55. The van der Waals surface area contributed by atoms with Gasteiger partial charge in [-0.25, -0.2) is 9.97 Å². The highest BCUT2D eigenvalue weighted by atomic mass is 16.2. The number of carbonyl (C=O) groups excluding carboxylic acids is 2. The van der Waals surface area contributed by atoms with E-state index < -0.39 is 0 Å². The number of imidazole rings is 1. The van der Waals surface area contributed by atoms with Crippen molar-refractivity contribution in [2.45, 2.75) is 6.92 Å². The van der Waals surface area contributed by atoms with E-state index >= 15 is 0 Å². The molecule has 2 amide bonds. The van der Waals surface area contributed by atoms with Gasteiger partial charge >= 0.3 is 0 Å². The molecule has 0 saturated heterocycles. The molecule has 2 heterocycles. The number of aromatic nitrogens is 3. The Morgan fingerprint density at radius 3 is 2.50 bits per heavy atom. The van der Waals surface area contributed by atoms with Gasteiger partial charge in [0.05, 0.1) is 18.2 Å². The fourth-order valence-corrected chi connectivity index (χ4v) is 2.83. The Bertz CT molecular complexity index is 1170. The van der Waals surface area contributed by atoms with Crippen LogP contribution in [0.3, 0.4) is 0 Å². The molecule has 0 aliphatic rings. The third-order valence-electron chi connectivity index (χ3n) is 4.31. The summed E-state index contributed by atoms with van der Waals surface area (Å²) in [6.07, 6.45) is 3.11. The van der Waals surface area contributed by atoms with Crippen LogP contribution in [-0.2, 0) is 0 Å². The van der Waals surface area contributed by atoms with Gasteiger partial charge in [0.25, 0.3) is 11.8 Å². The summed E-state index contributed by atoms with van der Waals surface area (Å²) in [5, 5.41) is 5.65. The Morgan fingerprint density at radius 1 is 0.893 bits per heavy atom. The Morgan fingerprint density at radius 2 is 1.68 bits per heavy atom. The molecule has 0 radical (unpaired) electrons. The maximum absolute atomic E-state index is 12.7. The van der Waals surface area contributed by atoms with Crippen LogP contribution in [0.2, 0.25) is 0 Å². The van der Waals surface area contributed by atoms with E-state index in [0.717, 1.165) is 5.56 Å². The second kappa shape index (κ2) is 7.32. The molecule has 7 nitrogen and oxygen atoms in total. The number of nitrogens with zero attached hydrogens (tertiary/aromatic N) is 2. The molecule has 4 rings (SSSR count). The van der Waals surface area contributed by atoms with Gasteiger partial charge in [0.2, 0.25) is 0 Å². The predicted octanol–water partition coefficient (Wildman–Crippen LogP) is 3.77. The van der Waals surface area contributed by atoms with Crippen LogP contribution in [0.4, 0.5) is 11.4 Å². The summed E-state index contributed by atoms with van der Waals surface area (Å²) in [6.45, 7) is 1.84. The molecular weight excluding hydrogens is 354 g/mol. The average molecular weight is 371 g/mol. The third-order valence-corrected chi connectivity index (χ3v) is 4.31. The van der Waals surface area contributed by atoms with Crippen molar-refractivity contribution >= 4 is 34.4 Å². The first-order valence-electron chi connectivity index (χ1n) is 8.68. The summed E-state index contributed by atoms with van der Waals surface area (Å²) in [4.78, 5) is 36.3. The topological polar surface area (TPSA) is 99.8 Å². The molecule has 0 spiro atoms. The van der Waals surface area contributed by atoms with Crippen LogP contribution < -0.4 is 10.6 Å². The van der Waals surface area contributed by atoms with Crippen molar-refractivity contribution in [3.8, 4) is 0 Å². The van der Waals surface area contributed by atoms with E-state index in [9.17, 15) is 9.59 Å². The lowest BCUT2D eigenvalue weighted by Gasteiger charge is -2.11. The summed E-state index contributed by atoms with van der Waals surface area (Å²) < 4.78 is 0. The van der Waals surface area contributed by atoms with E-state index in [1.807, 2.05) is 13.0 Å². The molecule has 7 heteroatoms. The summed E-state index contributed by atoms with van der Waals surface area (Å²) in [5.74, 6) is -0.519. The van der Waals surface area contributed by atoms with Gasteiger partial charge in [-0.15, -0.1) is 0 Å². The molecule has 0 bridgehead atoms. The molecule has 2 aromatic heterocycles. The minimum absolute atomic E-state index is 0.232. The van der Waals surface area contributed by atoms with Crippen LogP contribution in [0.15, 0.2) is 67.1 Å². The van der Waals surface area contributed by atoms with E-state index in [1.165, 1.54) is 0 Å². The van der Waals surface area contributed by atoms with Crippen LogP contribution >= 0.6 is 0 Å². The molecular formula is C21H17N5O2. The minimum atomic E-state index is -0.287. The number of pyridine rings is 1. The van der Waals surface area contributed by atoms with Crippen molar-refractivity contribution in [2.75, 3.05) is 10.6 Å². The second-order valence-electron chi connectivity index (χ2n) is 6.30. The monoisotopic (exact) mass is 371 g/mol. The van der Waals surface area contributed by atoms with Crippen molar-refractivity contribution in [1.82, 2.24) is 15.0 Å². The zero-order valence-corrected chi connectivity index (χ0v) is 15.1. The number of rotatable bonds is 4. The Balaban J connectivity index is 1.54. The molecule has 0 fully saturated rings. The lowest BCUT2D eigenvalue weighted by atomic mass is 10.1. The normalized spacial score (nSPS) is 10.6. The molecule has 0 atom stereocenters. The first kappa shape index (κ1) is 17.4. The highest BCUT2D eigenvalue weighted by Gasteiger charge is 2.13. The number of aromatic amines is 1. The number of carbonyl (C=O) groups is 2. The molecule has 0 saturated carbocycles. The van der Waals surface area contributed by atoms with E-state index in [2.05, 4.69) is 25.6 Å². The Labute approximate surface area is 160 Å². The first-order valence-corrected chi connectivity index (χ1v) is 8.68. The molecule has 4 aromatic rings. The summed E-state index contributed by atoms with van der Waals surface area (Å²) in [7, 11) is 0. The summed E-state index contributed by atoms with van der Waals surface area (Å²) >= 11 is 0. The third kappa shape index (κ3) is 3.59. The van der Waals surface area contributed by atoms with Gasteiger partial charge in [0.15, 0.2) is 5.65 Å². The minimum Gasteiger partial charge on any atom is -0.329 e. The summed E-state index contributed by atoms with van der Waals surface area (Å²) in [5.41, 5.74) is 4.22. The lowest BCUT2D eigenvalue weighted by molar-refractivity contribution is 0.101. The van der Waals surface area contributed by atoms with Gasteiger partial charge in [-0.2, -0.15) is 0 Å². The summed E-state index contributed by atoms with van der Waals surface area (Å²) in [6, 6.07) is 15.9. The number of hydrogen-bond acceptors (Lipinski definition) is 4. The van der Waals surface area contributed by atoms with Crippen molar-refractivity contribution in [3.63, 3.8) is 0 Å². The van der Waals surface area contributed by atoms with E-state index in [-0.39, 0.29) is 11.8 Å². The van der Waals surface area contributed by atoms with Crippen molar-refractivity contribution in [1.29, 1.82) is 0 Å². The first-order chi connectivity index (χ1) is 13.6. The lowest BCUT2D eigenvalue weighted by Crippen LogP contribution is -2.16. The van der Waals surface area contributed by atoms with Gasteiger partial charge in [0, 0.05) is 16.8 Å². The molecule has 0 unspecified atom stereocenters. The molecule has 138 valence electrons. The number of aryl methyl sites for hydroxylation is 1. The van der Waals surface area contributed by atoms with Crippen LogP contribution in [0.25, 0.3) is 11.2 Å². The molecule has 0 aliphatic heterocycles. The van der Waals surface area contributed by atoms with Gasteiger partial charge in [-0.1, -0.05) is 24.3 Å². The number of nitrogens with one attached hydrogen (secondary N) is 3. The zero-order valence-electron chi connectivity index (χ0n) is 15.1. The SMILES string of the molecule is Cc1ccc(NC(=O)c2ccccc2)cc1C(=O)Nc1cnc2[nH]cnc2c1. The number of anilines is 2. The number of fused-ring (bicyclic) bond motifs is 1. The molecule has 0 aliphatic carbocycles. The number of H-pyrrole nitrogens is 1. The second-order valence-corrected chi connectivity index (χ2v) is 6.30. The van der Waals surface area contributed by atoms with Gasteiger partial charge < -0.3 is 15.6 Å². The van der Waals surface area contributed by atoms with E-state index in [4.69, 9.17) is 0 Å². The zero-order chi connectivity index (χ0) is 19.5. The average Bonchev–Trinajstić information content (AvgIpc) is 3.18. The van der Waals surface area contributed by atoms with Crippen LogP contribution in [0.5, 0.6) is 0 Å². The van der Waals surface area contributed by atoms with Crippen molar-refractivity contribution in [2.24, 2.45) is 0 Å². The predicted molar refractivity (Wildman–Crippen MR) is 107 cm³/mol. The number of benzene rings is 2. The molecule has 2 aromatic carbocycles. The maximum Gasteiger partial charge on any atom is 0.256 e. The van der Waals surface area contributed by atoms with Crippen molar-refractivity contribution in [3.05, 3.63) is 83.8 Å². The standard InChI is InChI=1S/C21H17N5O2/c1-13-7-8-15(25-20(27)14-5-3-2-4-6-14)9-17(13)21(28)26-16-10-18-19(22-11-16)24-12-23-18/h2-12H,1H3,(H,25,27)(H,26,28)(H,22,23,24). The fourth-order valence-electron chi connectivity index (χ4n) is 2.83. The largest absolute Gasteiger partial charge is 0.329 e. The van der Waals surface area contributed by atoms with Crippen LogP contribution in [0.1, 0.15) is 26.3 Å². The fraction of sp³-hybridized carbons (Fsp3) is 0.0476. The van der Waals surface area contributed by atoms with Crippen LogP contribution in [-0.4, -0.2) is 26.8 Å². The van der Waals surface area contributed by atoms with Gasteiger partial charge in [-0.05, 0) is 42.8 Å². The van der Waals surface area contributed by atoms with E-state index in [0.29, 0.717) is 33.7 Å². The van der Waals surface area contributed by atoms with Crippen LogP contribution in [0, 0.1) is 6.92 Å². The van der Waals surface area contributed by atoms with Gasteiger partial charge in [0.1, 0.15) is 5.52 Å². The quantitative estimate of drug-likeness (QED) is 0.508. The smallest absolute Gasteiger partial charge is 0.256 e. The number of hydrogen-bond donors (Lipinski definition) is 3. The maximum atomic E-state index is 12.7. The molecule has 28 heavy (non-hydrogen) atoms.